The van der Waals surface area contributed by atoms with Gasteiger partial charge in [-0.05, 0) is 59.4 Å². The molecule has 1 atom stereocenters. The van der Waals surface area contributed by atoms with E-state index in [0.29, 0.717) is 30.4 Å². The van der Waals surface area contributed by atoms with Crippen molar-refractivity contribution in [1.82, 2.24) is 0 Å². The molecule has 1 aliphatic rings. The smallest absolute Gasteiger partial charge is 0.159 e. The number of benzene rings is 2. The van der Waals surface area contributed by atoms with Gasteiger partial charge in [-0.2, -0.15) is 0 Å². The van der Waals surface area contributed by atoms with E-state index in [2.05, 4.69) is 0 Å². The molecule has 1 aliphatic carbocycles. The van der Waals surface area contributed by atoms with Crippen molar-refractivity contribution in [2.24, 2.45) is 0 Å². The second-order valence-electron chi connectivity index (χ2n) is 5.78. The number of Topliss-reactive ketones (excluding diaryl/α,β-unsaturated/α-hetero) is 1. The van der Waals surface area contributed by atoms with Gasteiger partial charge in [0.2, 0.25) is 0 Å². The average Bonchev–Trinajstić information content (AvgIpc) is 2.71. The molecule has 0 spiro atoms. The van der Waals surface area contributed by atoms with Crippen molar-refractivity contribution in [3.63, 3.8) is 0 Å². The summed E-state index contributed by atoms with van der Waals surface area (Å²) in [6, 6.07) is 7.98. The normalized spacial score (nSPS) is 16.3. The second-order valence-corrected chi connectivity index (χ2v) is 5.78. The monoisotopic (exact) mass is 316 g/mol. The van der Waals surface area contributed by atoms with E-state index >= 15 is 0 Å². The Bertz CT molecular complexity index is 768. The van der Waals surface area contributed by atoms with Crippen LogP contribution in [0.1, 0.15) is 41.5 Å². The number of hydrogen-bond acceptors (Lipinski definition) is 2. The van der Waals surface area contributed by atoms with Gasteiger partial charge in [-0.25, -0.2) is 8.78 Å². The lowest BCUT2D eigenvalue weighted by molar-refractivity contribution is -0.119. The maximum absolute atomic E-state index is 13.8. The SMILES string of the molecule is CCC(=O)C1c2ccc(OC)cc2CCc2cc(F)c(F)cc21. The number of carbonyl (C=O) groups excluding carboxylic acids is 1. The lowest BCUT2D eigenvalue weighted by Gasteiger charge is -2.19. The summed E-state index contributed by atoms with van der Waals surface area (Å²) in [5, 5.41) is 0. The Balaban J connectivity index is 2.22. The molecule has 2 nitrogen and oxygen atoms in total. The van der Waals surface area contributed by atoms with Crippen LogP contribution < -0.4 is 4.74 Å². The summed E-state index contributed by atoms with van der Waals surface area (Å²) in [5.74, 6) is -1.60. The molecule has 0 N–H and O–H groups in total. The first kappa shape index (κ1) is 15.7. The molecule has 23 heavy (non-hydrogen) atoms. The Morgan fingerprint density at radius 2 is 1.74 bits per heavy atom. The van der Waals surface area contributed by atoms with Crippen LogP contribution in [0.4, 0.5) is 8.78 Å². The lowest BCUT2D eigenvalue weighted by atomic mass is 9.84. The quantitative estimate of drug-likeness (QED) is 0.849. The number of rotatable bonds is 3. The topological polar surface area (TPSA) is 26.3 Å². The van der Waals surface area contributed by atoms with Gasteiger partial charge in [0, 0.05) is 6.42 Å². The van der Waals surface area contributed by atoms with Gasteiger partial charge >= 0.3 is 0 Å². The van der Waals surface area contributed by atoms with Gasteiger partial charge in [-0.3, -0.25) is 4.79 Å². The van der Waals surface area contributed by atoms with E-state index in [-0.39, 0.29) is 5.78 Å². The molecule has 3 rings (SSSR count). The highest BCUT2D eigenvalue weighted by Crippen LogP contribution is 2.37. The number of halogens is 2. The Morgan fingerprint density at radius 1 is 1.09 bits per heavy atom. The van der Waals surface area contributed by atoms with Crippen molar-refractivity contribution in [2.75, 3.05) is 7.11 Å². The molecule has 2 aromatic rings. The number of aryl methyl sites for hydroxylation is 2. The standard InChI is InChI=1S/C19H18F2O2/c1-3-18(22)19-14-7-6-13(23-2)8-11(14)4-5-12-9-16(20)17(21)10-15(12)19/h6-10,19H,3-5H2,1-2H3. The molecule has 0 fully saturated rings. The average molecular weight is 316 g/mol. The van der Waals surface area contributed by atoms with Crippen molar-refractivity contribution in [3.8, 4) is 5.75 Å². The maximum atomic E-state index is 13.8. The largest absolute Gasteiger partial charge is 0.497 e. The number of hydrogen-bond donors (Lipinski definition) is 0. The van der Waals surface area contributed by atoms with Gasteiger partial charge in [-0.1, -0.05) is 13.0 Å². The first-order chi connectivity index (χ1) is 11.0. The molecule has 2 aromatic carbocycles. The fourth-order valence-electron chi connectivity index (χ4n) is 3.28. The molecule has 4 heteroatoms. The van der Waals surface area contributed by atoms with Crippen molar-refractivity contribution in [3.05, 3.63) is 64.2 Å². The molecule has 0 aliphatic heterocycles. The Morgan fingerprint density at radius 3 is 2.39 bits per heavy atom. The van der Waals surface area contributed by atoms with Crippen LogP contribution in [0.25, 0.3) is 0 Å². The van der Waals surface area contributed by atoms with Crippen molar-refractivity contribution in [1.29, 1.82) is 0 Å². The third kappa shape index (κ3) is 2.74. The molecule has 0 aromatic heterocycles. The Hall–Kier alpha value is -2.23. The number of carbonyl (C=O) groups is 1. The molecule has 1 unspecified atom stereocenters. The fraction of sp³-hybridized carbons (Fsp3) is 0.316. The number of fused-ring (bicyclic) bond motifs is 2. The summed E-state index contributed by atoms with van der Waals surface area (Å²) in [5.41, 5.74) is 3.14. The van der Waals surface area contributed by atoms with Crippen LogP contribution in [0.15, 0.2) is 30.3 Å². The number of ether oxygens (including phenoxy) is 1. The zero-order valence-corrected chi connectivity index (χ0v) is 13.2. The van der Waals surface area contributed by atoms with Crippen LogP contribution in [0.3, 0.4) is 0 Å². The van der Waals surface area contributed by atoms with Crippen LogP contribution >= 0.6 is 0 Å². The number of ketones is 1. The van der Waals surface area contributed by atoms with E-state index < -0.39 is 17.6 Å². The molecular weight excluding hydrogens is 298 g/mol. The van der Waals surface area contributed by atoms with Crippen LogP contribution in [-0.2, 0) is 17.6 Å². The number of methoxy groups -OCH3 is 1. The zero-order chi connectivity index (χ0) is 16.6. The molecular formula is C19H18F2O2. The molecule has 0 saturated carbocycles. The van der Waals surface area contributed by atoms with Gasteiger partial charge in [0.1, 0.15) is 11.5 Å². The summed E-state index contributed by atoms with van der Waals surface area (Å²) in [7, 11) is 1.59. The summed E-state index contributed by atoms with van der Waals surface area (Å²) in [6.45, 7) is 1.79. The highest BCUT2D eigenvalue weighted by molar-refractivity contribution is 5.90. The molecule has 0 bridgehead atoms. The molecule has 0 heterocycles. The highest BCUT2D eigenvalue weighted by Gasteiger charge is 2.29. The summed E-state index contributed by atoms with van der Waals surface area (Å²) in [6.07, 6.45) is 1.58. The van der Waals surface area contributed by atoms with Crippen LogP contribution in [0, 0.1) is 11.6 Å². The Labute approximate surface area is 134 Å². The van der Waals surface area contributed by atoms with E-state index in [1.54, 1.807) is 20.1 Å². The van der Waals surface area contributed by atoms with Crippen LogP contribution in [0.2, 0.25) is 0 Å². The third-order valence-electron chi connectivity index (χ3n) is 4.49. The minimum absolute atomic E-state index is 0.00516. The first-order valence-electron chi connectivity index (χ1n) is 7.72. The van der Waals surface area contributed by atoms with Crippen molar-refractivity contribution >= 4 is 5.78 Å². The van der Waals surface area contributed by atoms with Crippen LogP contribution in [-0.4, -0.2) is 12.9 Å². The van der Waals surface area contributed by atoms with E-state index in [0.717, 1.165) is 16.9 Å². The van der Waals surface area contributed by atoms with E-state index in [9.17, 15) is 13.6 Å². The van der Waals surface area contributed by atoms with Gasteiger partial charge in [0.15, 0.2) is 11.6 Å². The van der Waals surface area contributed by atoms with Gasteiger partial charge in [0.05, 0.1) is 13.0 Å². The Kier molecular flexibility index (Phi) is 4.16. The molecule has 0 radical (unpaired) electrons. The first-order valence-corrected chi connectivity index (χ1v) is 7.72. The fourth-order valence-corrected chi connectivity index (χ4v) is 3.28. The minimum atomic E-state index is -0.908. The van der Waals surface area contributed by atoms with E-state index in [1.165, 1.54) is 12.1 Å². The molecule has 120 valence electrons. The maximum Gasteiger partial charge on any atom is 0.159 e. The van der Waals surface area contributed by atoms with Gasteiger partial charge < -0.3 is 4.74 Å². The van der Waals surface area contributed by atoms with Gasteiger partial charge in [-0.15, -0.1) is 0 Å². The highest BCUT2D eigenvalue weighted by atomic mass is 19.2. The van der Waals surface area contributed by atoms with Crippen LogP contribution in [0.5, 0.6) is 5.75 Å². The summed E-state index contributed by atoms with van der Waals surface area (Å²) in [4.78, 5) is 12.5. The lowest BCUT2D eigenvalue weighted by Crippen LogP contribution is -2.15. The summed E-state index contributed by atoms with van der Waals surface area (Å²) >= 11 is 0. The zero-order valence-electron chi connectivity index (χ0n) is 13.2. The van der Waals surface area contributed by atoms with Gasteiger partial charge in [0.25, 0.3) is 0 Å². The van der Waals surface area contributed by atoms with E-state index in [4.69, 9.17) is 4.74 Å². The second kappa shape index (κ2) is 6.11. The summed E-state index contributed by atoms with van der Waals surface area (Å²) < 4.78 is 32.6. The van der Waals surface area contributed by atoms with Crippen molar-refractivity contribution < 1.29 is 18.3 Å². The molecule has 0 saturated heterocycles. The predicted molar refractivity (Wildman–Crippen MR) is 83.9 cm³/mol. The minimum Gasteiger partial charge on any atom is -0.497 e. The molecule has 0 amide bonds. The third-order valence-corrected chi connectivity index (χ3v) is 4.49. The van der Waals surface area contributed by atoms with Crippen molar-refractivity contribution in [2.45, 2.75) is 32.1 Å². The van der Waals surface area contributed by atoms with E-state index in [1.807, 2.05) is 12.1 Å². The predicted octanol–water partition coefficient (Wildman–Crippen LogP) is 4.18.